The Morgan fingerprint density at radius 3 is 2.80 bits per heavy atom. The molecule has 5 nitrogen and oxygen atoms in total. The van der Waals surface area contributed by atoms with Crippen molar-refractivity contribution in [3.63, 3.8) is 0 Å². The van der Waals surface area contributed by atoms with Crippen LogP contribution in [0.3, 0.4) is 0 Å². The van der Waals surface area contributed by atoms with Crippen LogP contribution >= 0.6 is 0 Å². The molecule has 1 aliphatic rings. The van der Waals surface area contributed by atoms with Crippen LogP contribution in [0.1, 0.15) is 23.3 Å². The van der Waals surface area contributed by atoms with Crippen LogP contribution in [-0.4, -0.2) is 29.5 Å². The SMILES string of the molecule is CNc1cnc(C(=O)NCC2CC2)cn1. The van der Waals surface area contributed by atoms with Crippen molar-refractivity contribution in [2.24, 2.45) is 5.92 Å². The number of hydrogen-bond donors (Lipinski definition) is 2. The molecule has 0 atom stereocenters. The second kappa shape index (κ2) is 4.25. The van der Waals surface area contributed by atoms with E-state index in [0.717, 1.165) is 6.54 Å². The first kappa shape index (κ1) is 9.89. The fourth-order valence-corrected chi connectivity index (χ4v) is 1.22. The lowest BCUT2D eigenvalue weighted by atomic mass is 10.3. The number of hydrogen-bond acceptors (Lipinski definition) is 4. The van der Waals surface area contributed by atoms with E-state index in [0.29, 0.717) is 17.4 Å². The summed E-state index contributed by atoms with van der Waals surface area (Å²) in [5, 5.41) is 5.68. The van der Waals surface area contributed by atoms with Crippen LogP contribution in [-0.2, 0) is 0 Å². The van der Waals surface area contributed by atoms with Crippen molar-refractivity contribution >= 4 is 11.7 Å². The minimum atomic E-state index is -0.142. The van der Waals surface area contributed by atoms with Crippen LogP contribution in [0.4, 0.5) is 5.82 Å². The minimum absolute atomic E-state index is 0.142. The molecular formula is C10H14N4O. The van der Waals surface area contributed by atoms with Gasteiger partial charge in [-0.25, -0.2) is 9.97 Å². The second-order valence-electron chi connectivity index (χ2n) is 3.69. The molecule has 0 bridgehead atoms. The van der Waals surface area contributed by atoms with E-state index in [1.807, 2.05) is 0 Å². The molecule has 80 valence electrons. The van der Waals surface area contributed by atoms with Crippen LogP contribution in [0.25, 0.3) is 0 Å². The number of carbonyl (C=O) groups is 1. The van der Waals surface area contributed by atoms with Gasteiger partial charge in [-0.05, 0) is 18.8 Å². The Kier molecular flexibility index (Phi) is 2.80. The van der Waals surface area contributed by atoms with Gasteiger partial charge < -0.3 is 10.6 Å². The smallest absolute Gasteiger partial charge is 0.271 e. The van der Waals surface area contributed by atoms with Gasteiger partial charge in [-0.2, -0.15) is 0 Å². The molecule has 0 aromatic carbocycles. The van der Waals surface area contributed by atoms with Gasteiger partial charge in [0.15, 0.2) is 0 Å². The summed E-state index contributed by atoms with van der Waals surface area (Å²) in [5.74, 6) is 1.20. The lowest BCUT2D eigenvalue weighted by Crippen LogP contribution is -2.26. The number of anilines is 1. The molecule has 1 fully saturated rings. The molecule has 5 heteroatoms. The maximum absolute atomic E-state index is 11.5. The third kappa shape index (κ3) is 2.65. The number of nitrogens with zero attached hydrogens (tertiary/aromatic N) is 2. The first-order valence-corrected chi connectivity index (χ1v) is 5.07. The van der Waals surface area contributed by atoms with Crippen molar-refractivity contribution in [3.05, 3.63) is 18.1 Å². The zero-order chi connectivity index (χ0) is 10.7. The summed E-state index contributed by atoms with van der Waals surface area (Å²) >= 11 is 0. The van der Waals surface area contributed by atoms with E-state index in [-0.39, 0.29) is 5.91 Å². The Morgan fingerprint density at radius 1 is 1.47 bits per heavy atom. The monoisotopic (exact) mass is 206 g/mol. The first-order valence-electron chi connectivity index (χ1n) is 5.07. The number of nitrogens with one attached hydrogen (secondary N) is 2. The molecule has 1 heterocycles. The van der Waals surface area contributed by atoms with Gasteiger partial charge in [0, 0.05) is 13.6 Å². The van der Waals surface area contributed by atoms with E-state index in [2.05, 4.69) is 20.6 Å². The molecule has 0 unspecified atom stereocenters. The molecule has 1 aromatic heterocycles. The largest absolute Gasteiger partial charge is 0.372 e. The molecule has 1 saturated carbocycles. The molecule has 15 heavy (non-hydrogen) atoms. The molecule has 0 saturated heterocycles. The quantitative estimate of drug-likeness (QED) is 0.759. The summed E-state index contributed by atoms with van der Waals surface area (Å²) in [6.45, 7) is 0.758. The summed E-state index contributed by atoms with van der Waals surface area (Å²) in [6.07, 6.45) is 5.48. The fourth-order valence-electron chi connectivity index (χ4n) is 1.22. The van der Waals surface area contributed by atoms with E-state index < -0.39 is 0 Å². The van der Waals surface area contributed by atoms with E-state index in [1.165, 1.54) is 19.0 Å². The highest BCUT2D eigenvalue weighted by Crippen LogP contribution is 2.27. The highest BCUT2D eigenvalue weighted by atomic mass is 16.1. The molecule has 2 rings (SSSR count). The number of aromatic nitrogens is 2. The van der Waals surface area contributed by atoms with Gasteiger partial charge in [-0.3, -0.25) is 4.79 Å². The van der Waals surface area contributed by atoms with E-state index in [1.54, 1.807) is 13.2 Å². The second-order valence-corrected chi connectivity index (χ2v) is 3.69. The summed E-state index contributed by atoms with van der Waals surface area (Å²) in [5.41, 5.74) is 0.370. The summed E-state index contributed by atoms with van der Waals surface area (Å²) in [6, 6.07) is 0. The molecule has 0 radical (unpaired) electrons. The van der Waals surface area contributed by atoms with Crippen LogP contribution in [0.2, 0.25) is 0 Å². The lowest BCUT2D eigenvalue weighted by Gasteiger charge is -2.03. The zero-order valence-corrected chi connectivity index (χ0v) is 8.66. The Bertz CT molecular complexity index is 345. The lowest BCUT2D eigenvalue weighted by molar-refractivity contribution is 0.0946. The van der Waals surface area contributed by atoms with E-state index in [9.17, 15) is 4.79 Å². The molecular weight excluding hydrogens is 192 g/mol. The Morgan fingerprint density at radius 2 is 2.27 bits per heavy atom. The summed E-state index contributed by atoms with van der Waals surface area (Å²) < 4.78 is 0. The average Bonchev–Trinajstić information content (AvgIpc) is 3.10. The van der Waals surface area contributed by atoms with Gasteiger partial charge in [0.2, 0.25) is 0 Å². The highest BCUT2D eigenvalue weighted by Gasteiger charge is 2.22. The Hall–Kier alpha value is -1.65. The van der Waals surface area contributed by atoms with Crippen molar-refractivity contribution < 1.29 is 4.79 Å². The van der Waals surface area contributed by atoms with Crippen molar-refractivity contribution in [1.82, 2.24) is 15.3 Å². The molecule has 1 amide bonds. The molecule has 0 spiro atoms. The van der Waals surface area contributed by atoms with E-state index in [4.69, 9.17) is 0 Å². The topological polar surface area (TPSA) is 66.9 Å². The summed E-state index contributed by atoms with van der Waals surface area (Å²) in [7, 11) is 1.76. The minimum Gasteiger partial charge on any atom is -0.372 e. The van der Waals surface area contributed by atoms with Gasteiger partial charge >= 0.3 is 0 Å². The zero-order valence-electron chi connectivity index (χ0n) is 8.66. The van der Waals surface area contributed by atoms with Gasteiger partial charge in [0.05, 0.1) is 12.4 Å². The number of carbonyl (C=O) groups excluding carboxylic acids is 1. The van der Waals surface area contributed by atoms with Crippen molar-refractivity contribution in [3.8, 4) is 0 Å². The number of rotatable bonds is 4. The summed E-state index contributed by atoms with van der Waals surface area (Å²) in [4.78, 5) is 19.6. The van der Waals surface area contributed by atoms with Crippen LogP contribution < -0.4 is 10.6 Å². The van der Waals surface area contributed by atoms with Gasteiger partial charge in [0.1, 0.15) is 11.5 Å². The van der Waals surface area contributed by atoms with Crippen molar-refractivity contribution in [1.29, 1.82) is 0 Å². The predicted molar refractivity (Wildman–Crippen MR) is 56.6 cm³/mol. The van der Waals surface area contributed by atoms with Gasteiger partial charge in [-0.15, -0.1) is 0 Å². The van der Waals surface area contributed by atoms with Crippen LogP contribution in [0, 0.1) is 5.92 Å². The number of amides is 1. The predicted octanol–water partition coefficient (Wildman–Crippen LogP) is 0.658. The fraction of sp³-hybridized carbons (Fsp3) is 0.500. The standard InChI is InChI=1S/C10H14N4O/c1-11-9-6-12-8(5-13-9)10(15)14-4-7-2-3-7/h5-7H,2-4H2,1H3,(H,11,13)(H,14,15). The van der Waals surface area contributed by atoms with Crippen LogP contribution in [0.5, 0.6) is 0 Å². The van der Waals surface area contributed by atoms with Crippen LogP contribution in [0.15, 0.2) is 12.4 Å². The third-order valence-corrected chi connectivity index (χ3v) is 2.39. The molecule has 1 aromatic rings. The van der Waals surface area contributed by atoms with Crippen molar-refractivity contribution in [2.75, 3.05) is 18.9 Å². The highest BCUT2D eigenvalue weighted by molar-refractivity contribution is 5.92. The Balaban J connectivity index is 1.91. The van der Waals surface area contributed by atoms with Gasteiger partial charge in [-0.1, -0.05) is 0 Å². The normalized spacial score (nSPS) is 14.7. The molecule has 0 aliphatic heterocycles. The maximum Gasteiger partial charge on any atom is 0.271 e. The van der Waals surface area contributed by atoms with E-state index >= 15 is 0 Å². The molecule has 1 aliphatic carbocycles. The van der Waals surface area contributed by atoms with Gasteiger partial charge in [0.25, 0.3) is 5.91 Å². The average molecular weight is 206 g/mol. The maximum atomic E-state index is 11.5. The first-order chi connectivity index (χ1) is 7.29. The third-order valence-electron chi connectivity index (χ3n) is 2.39. The van der Waals surface area contributed by atoms with Crippen molar-refractivity contribution in [2.45, 2.75) is 12.8 Å². The Labute approximate surface area is 88.3 Å². The molecule has 2 N–H and O–H groups in total.